The molecule has 21 heavy (non-hydrogen) atoms. The quantitative estimate of drug-likeness (QED) is 0.747. The lowest BCUT2D eigenvalue weighted by Gasteiger charge is -2.09. The monoisotopic (exact) mass is 318 g/mol. The number of hydrogen-bond acceptors (Lipinski definition) is 1. The molecule has 0 amide bonds. The zero-order valence-electron chi connectivity index (χ0n) is 13.3. The first-order valence-corrected chi connectivity index (χ1v) is 9.84. The maximum absolute atomic E-state index is 12.6. The topological polar surface area (TPSA) is 17.1 Å². The van der Waals surface area contributed by atoms with Gasteiger partial charge in [0.1, 0.15) is 0 Å². The minimum atomic E-state index is -1.06. The Morgan fingerprint density at radius 1 is 0.810 bits per heavy atom. The molecular weight excluding hydrogens is 296 g/mol. The molecule has 1 nitrogen and oxygen atoms in total. The predicted octanol–water partition coefficient (Wildman–Crippen LogP) is 4.75. The van der Waals surface area contributed by atoms with Crippen molar-refractivity contribution in [1.82, 2.24) is 0 Å². The summed E-state index contributed by atoms with van der Waals surface area (Å²) in [6.45, 7) is 8.31. The molecule has 0 N–H and O–H groups in total. The van der Waals surface area contributed by atoms with E-state index in [9.17, 15) is 4.21 Å². The highest BCUT2D eigenvalue weighted by Crippen LogP contribution is 2.28. The standard InChI is InChI=1S/C18H22OS2/c1-13-6-8-17(15(3)10-13)20(5)12-21(19)18-9-7-14(2)11-16(18)4/h6-12H,1-5H3. The van der Waals surface area contributed by atoms with Crippen LogP contribution in [0.4, 0.5) is 0 Å². The van der Waals surface area contributed by atoms with Crippen molar-refractivity contribution in [2.45, 2.75) is 37.5 Å². The lowest BCUT2D eigenvalue weighted by Crippen LogP contribution is -1.97. The predicted molar refractivity (Wildman–Crippen MR) is 96.1 cm³/mol. The minimum absolute atomic E-state index is 0.123. The largest absolute Gasteiger partial charge is 0.249 e. The van der Waals surface area contributed by atoms with Crippen LogP contribution in [0.3, 0.4) is 0 Å². The average Bonchev–Trinajstić information content (AvgIpc) is 2.37. The van der Waals surface area contributed by atoms with Gasteiger partial charge >= 0.3 is 0 Å². The first-order valence-electron chi connectivity index (χ1n) is 6.93. The van der Waals surface area contributed by atoms with E-state index in [1.807, 2.05) is 23.8 Å². The Balaban J connectivity index is 2.36. The smallest absolute Gasteiger partial charge is 0.0838 e. The van der Waals surface area contributed by atoms with E-state index in [0.717, 1.165) is 10.5 Å². The van der Waals surface area contributed by atoms with Crippen LogP contribution in [0.25, 0.3) is 0 Å². The van der Waals surface area contributed by atoms with E-state index in [1.165, 1.54) is 21.6 Å². The van der Waals surface area contributed by atoms with Gasteiger partial charge in [-0.25, -0.2) is 4.21 Å². The third-order valence-corrected chi connectivity index (χ3v) is 7.35. The van der Waals surface area contributed by atoms with Crippen LogP contribution in [-0.2, 0) is 10.8 Å². The number of aryl methyl sites for hydroxylation is 4. The van der Waals surface area contributed by atoms with Gasteiger partial charge in [0, 0.05) is 14.5 Å². The molecular formula is C18H22OS2. The maximum atomic E-state index is 12.6. The molecule has 2 aromatic rings. The van der Waals surface area contributed by atoms with Crippen molar-refractivity contribution in [3.8, 4) is 0 Å². The molecule has 0 bridgehead atoms. The second kappa shape index (κ2) is 6.71. The summed E-state index contributed by atoms with van der Waals surface area (Å²) in [6, 6.07) is 12.6. The van der Waals surface area contributed by atoms with Gasteiger partial charge in [0.2, 0.25) is 0 Å². The Bertz CT molecular complexity index is 730. The average molecular weight is 319 g/mol. The van der Waals surface area contributed by atoms with Crippen LogP contribution in [0, 0.1) is 27.7 Å². The molecule has 2 aromatic carbocycles. The molecule has 0 aliphatic rings. The van der Waals surface area contributed by atoms with Gasteiger partial charge in [0.15, 0.2) is 0 Å². The Hall–Kier alpha value is -1.19. The van der Waals surface area contributed by atoms with E-state index >= 15 is 0 Å². The SMILES string of the molecule is Cc1ccc(S(=O)C=S(C)c2ccc(C)cc2C)c(C)c1. The summed E-state index contributed by atoms with van der Waals surface area (Å²) < 4.78 is 14.6. The van der Waals surface area contributed by atoms with Crippen LogP contribution in [0.15, 0.2) is 46.2 Å². The normalized spacial score (nSPS) is 14.1. The van der Waals surface area contributed by atoms with Crippen molar-refractivity contribution in [2.24, 2.45) is 0 Å². The summed E-state index contributed by atoms with van der Waals surface area (Å²) >= 11 is 0. The summed E-state index contributed by atoms with van der Waals surface area (Å²) in [5.41, 5.74) is 4.85. The van der Waals surface area contributed by atoms with E-state index in [4.69, 9.17) is 0 Å². The first-order chi connectivity index (χ1) is 9.88. The Morgan fingerprint density at radius 3 is 1.76 bits per heavy atom. The van der Waals surface area contributed by atoms with Gasteiger partial charge in [-0.05, 0) is 57.2 Å². The molecule has 0 fully saturated rings. The fourth-order valence-corrected chi connectivity index (χ4v) is 5.73. The van der Waals surface area contributed by atoms with Gasteiger partial charge in [-0.1, -0.05) is 35.4 Å². The van der Waals surface area contributed by atoms with E-state index in [1.54, 1.807) is 0 Å². The number of benzene rings is 2. The summed E-state index contributed by atoms with van der Waals surface area (Å²) in [6.07, 6.45) is 2.14. The van der Waals surface area contributed by atoms with Crippen LogP contribution in [-0.4, -0.2) is 15.2 Å². The van der Waals surface area contributed by atoms with Crippen molar-refractivity contribution in [3.05, 3.63) is 58.7 Å². The molecule has 2 unspecified atom stereocenters. The molecule has 0 radical (unpaired) electrons. The van der Waals surface area contributed by atoms with Crippen molar-refractivity contribution >= 4 is 26.0 Å². The van der Waals surface area contributed by atoms with Crippen molar-refractivity contribution in [1.29, 1.82) is 0 Å². The highest BCUT2D eigenvalue weighted by atomic mass is 32.2. The molecule has 2 rings (SSSR count). The Labute approximate surface area is 132 Å². The van der Waals surface area contributed by atoms with E-state index in [0.29, 0.717) is 0 Å². The van der Waals surface area contributed by atoms with Gasteiger partial charge in [-0.15, -0.1) is 10.5 Å². The van der Waals surface area contributed by atoms with Crippen molar-refractivity contribution in [3.63, 3.8) is 0 Å². The second-order valence-corrected chi connectivity index (χ2v) is 8.85. The van der Waals surface area contributed by atoms with E-state index in [2.05, 4.69) is 51.3 Å². The first kappa shape index (κ1) is 16.2. The number of hydrogen-bond donors (Lipinski definition) is 0. The summed E-state index contributed by atoms with van der Waals surface area (Å²) in [5.74, 6) is 0. The van der Waals surface area contributed by atoms with Crippen LogP contribution >= 0.6 is 10.5 Å². The zero-order valence-corrected chi connectivity index (χ0v) is 14.9. The molecule has 0 saturated heterocycles. The van der Waals surface area contributed by atoms with Crippen LogP contribution in [0.1, 0.15) is 22.3 Å². The molecule has 0 saturated carbocycles. The molecule has 0 heterocycles. The molecule has 3 heteroatoms. The molecule has 2 atom stereocenters. The van der Waals surface area contributed by atoms with Crippen LogP contribution in [0.5, 0.6) is 0 Å². The highest BCUT2D eigenvalue weighted by molar-refractivity contribution is 8.26. The molecule has 0 aromatic heterocycles. The lowest BCUT2D eigenvalue weighted by molar-refractivity contribution is 0.690. The van der Waals surface area contributed by atoms with Gasteiger partial charge in [0.05, 0.1) is 10.8 Å². The third-order valence-electron chi connectivity index (χ3n) is 3.46. The van der Waals surface area contributed by atoms with E-state index in [-0.39, 0.29) is 10.5 Å². The lowest BCUT2D eigenvalue weighted by atomic mass is 10.2. The summed E-state index contributed by atoms with van der Waals surface area (Å²) in [4.78, 5) is 2.20. The molecule has 0 aliphatic carbocycles. The van der Waals surface area contributed by atoms with Crippen LogP contribution in [0.2, 0.25) is 0 Å². The van der Waals surface area contributed by atoms with Gasteiger partial charge in [0.25, 0.3) is 0 Å². The Morgan fingerprint density at radius 2 is 1.29 bits per heavy atom. The Kier molecular flexibility index (Phi) is 5.17. The van der Waals surface area contributed by atoms with Gasteiger partial charge in [-0.2, -0.15) is 0 Å². The molecule has 0 spiro atoms. The summed E-state index contributed by atoms with van der Waals surface area (Å²) in [5, 5.41) is 0. The molecule has 112 valence electrons. The van der Waals surface area contributed by atoms with Crippen molar-refractivity contribution < 1.29 is 4.21 Å². The van der Waals surface area contributed by atoms with Gasteiger partial charge < -0.3 is 0 Å². The second-order valence-electron chi connectivity index (χ2n) is 5.49. The fourth-order valence-electron chi connectivity index (χ4n) is 2.42. The highest BCUT2D eigenvalue weighted by Gasteiger charge is 2.07. The van der Waals surface area contributed by atoms with Crippen LogP contribution < -0.4 is 0 Å². The van der Waals surface area contributed by atoms with E-state index < -0.39 is 10.8 Å². The number of rotatable bonds is 3. The maximum Gasteiger partial charge on any atom is 0.0838 e. The summed E-state index contributed by atoms with van der Waals surface area (Å²) in [7, 11) is -1.18. The molecule has 0 aliphatic heterocycles. The minimum Gasteiger partial charge on any atom is -0.249 e. The van der Waals surface area contributed by atoms with Gasteiger partial charge in [-0.3, -0.25) is 0 Å². The van der Waals surface area contributed by atoms with Crippen molar-refractivity contribution in [2.75, 3.05) is 6.26 Å². The fraction of sp³-hybridized carbons (Fsp3) is 0.278. The zero-order chi connectivity index (χ0) is 15.6. The third kappa shape index (κ3) is 3.92.